The van der Waals surface area contributed by atoms with E-state index in [1.165, 1.54) is 12.6 Å². The van der Waals surface area contributed by atoms with Crippen LogP contribution in [0.4, 0.5) is 0 Å². The molecule has 2 aliphatic heterocycles. The Morgan fingerprint density at radius 3 is 1.37 bits per heavy atom. The van der Waals surface area contributed by atoms with E-state index in [0.717, 1.165) is 77.4 Å². The van der Waals surface area contributed by atoms with Crippen molar-refractivity contribution < 1.29 is 19.1 Å². The van der Waals surface area contributed by atoms with Crippen molar-refractivity contribution in [1.29, 1.82) is 0 Å². The van der Waals surface area contributed by atoms with Gasteiger partial charge >= 0.3 is 0 Å². The normalized spacial score (nSPS) is 44.5. The van der Waals surface area contributed by atoms with Crippen LogP contribution in [0.3, 0.4) is 0 Å². The molecule has 2 saturated heterocycles. The van der Waals surface area contributed by atoms with Gasteiger partial charge in [0.25, 0.3) is 0 Å². The van der Waals surface area contributed by atoms with Crippen molar-refractivity contribution in [2.75, 3.05) is 13.2 Å². The standard InChI is InChI=1S/C23H36O4/c1-21(2,22(15-24)7-3-17(4-8-22)11-19-13-26-19)23(16-25)9-5-18(6-10-23)12-20-14-27-20/h15-20H,3-14H2,1-2H3. The lowest BCUT2D eigenvalue weighted by molar-refractivity contribution is -0.152. The van der Waals surface area contributed by atoms with E-state index in [1.807, 2.05) is 0 Å². The van der Waals surface area contributed by atoms with Gasteiger partial charge in [-0.1, -0.05) is 13.8 Å². The zero-order chi connectivity index (χ0) is 19.1. The summed E-state index contributed by atoms with van der Waals surface area (Å²) in [4.78, 5) is 24.9. The number of aldehydes is 2. The first kappa shape index (κ1) is 19.6. The second-order valence-corrected chi connectivity index (χ2v) is 10.4. The lowest BCUT2D eigenvalue weighted by Crippen LogP contribution is -2.54. The van der Waals surface area contributed by atoms with Crippen molar-refractivity contribution in [3.05, 3.63) is 0 Å². The van der Waals surface area contributed by atoms with Crippen LogP contribution in [0.15, 0.2) is 0 Å². The van der Waals surface area contributed by atoms with Crippen LogP contribution < -0.4 is 0 Å². The van der Waals surface area contributed by atoms with Gasteiger partial charge in [-0.3, -0.25) is 0 Å². The van der Waals surface area contributed by atoms with Gasteiger partial charge in [-0.25, -0.2) is 0 Å². The summed E-state index contributed by atoms with van der Waals surface area (Å²) < 4.78 is 10.8. The highest BCUT2D eigenvalue weighted by molar-refractivity contribution is 5.68. The van der Waals surface area contributed by atoms with Crippen LogP contribution in [0, 0.1) is 28.1 Å². The maximum Gasteiger partial charge on any atom is 0.126 e. The maximum absolute atomic E-state index is 12.4. The lowest BCUT2D eigenvalue weighted by atomic mass is 9.45. The predicted octanol–water partition coefficient (Wildman–Crippen LogP) is 4.34. The molecule has 4 heteroatoms. The molecule has 0 amide bonds. The topological polar surface area (TPSA) is 59.2 Å². The summed E-state index contributed by atoms with van der Waals surface area (Å²) in [6, 6.07) is 0. The molecule has 0 radical (unpaired) electrons. The molecule has 152 valence electrons. The number of hydrogen-bond acceptors (Lipinski definition) is 4. The smallest absolute Gasteiger partial charge is 0.126 e. The Labute approximate surface area is 163 Å². The number of hydrogen-bond donors (Lipinski definition) is 0. The van der Waals surface area contributed by atoms with Crippen LogP contribution in [0.2, 0.25) is 0 Å². The minimum atomic E-state index is -0.360. The van der Waals surface area contributed by atoms with E-state index in [-0.39, 0.29) is 16.2 Å². The van der Waals surface area contributed by atoms with E-state index < -0.39 is 0 Å². The molecule has 4 rings (SSSR count). The average Bonchev–Trinajstić information content (AvgIpc) is 3.60. The van der Waals surface area contributed by atoms with Crippen molar-refractivity contribution in [3.63, 3.8) is 0 Å². The monoisotopic (exact) mass is 376 g/mol. The average molecular weight is 377 g/mol. The van der Waals surface area contributed by atoms with Crippen LogP contribution in [-0.4, -0.2) is 38.0 Å². The molecular weight excluding hydrogens is 340 g/mol. The summed E-state index contributed by atoms with van der Waals surface area (Å²) in [6.07, 6.45) is 13.8. The van der Waals surface area contributed by atoms with E-state index in [1.54, 1.807) is 0 Å². The van der Waals surface area contributed by atoms with Crippen molar-refractivity contribution in [1.82, 2.24) is 0 Å². The number of epoxide rings is 2. The predicted molar refractivity (Wildman–Crippen MR) is 103 cm³/mol. The molecule has 0 aromatic rings. The Hall–Kier alpha value is -0.740. The molecule has 4 nitrogen and oxygen atoms in total. The van der Waals surface area contributed by atoms with Crippen LogP contribution in [0.1, 0.15) is 78.1 Å². The molecule has 0 bridgehead atoms. The Balaban J connectivity index is 1.45. The summed E-state index contributed by atoms with van der Waals surface area (Å²) in [5.74, 6) is 1.37. The molecule has 0 aromatic carbocycles. The fraction of sp³-hybridized carbons (Fsp3) is 0.913. The van der Waals surface area contributed by atoms with E-state index in [9.17, 15) is 9.59 Å². The van der Waals surface area contributed by atoms with Crippen LogP contribution in [0.5, 0.6) is 0 Å². The SMILES string of the molecule is CC(C)(C1(C=O)CCC(CC2CO2)CC1)C1(C=O)CCC(CC2CO2)CC1. The zero-order valence-electron chi connectivity index (χ0n) is 17.1. The summed E-state index contributed by atoms with van der Waals surface area (Å²) >= 11 is 0. The van der Waals surface area contributed by atoms with Crippen LogP contribution in [-0.2, 0) is 19.1 Å². The Kier molecular flexibility index (Phi) is 5.26. The molecule has 0 N–H and O–H groups in total. The first-order valence-corrected chi connectivity index (χ1v) is 11.1. The van der Waals surface area contributed by atoms with Crippen molar-refractivity contribution >= 4 is 12.6 Å². The van der Waals surface area contributed by atoms with Crippen molar-refractivity contribution in [2.24, 2.45) is 28.1 Å². The molecule has 4 aliphatic rings. The molecule has 0 spiro atoms. The highest BCUT2D eigenvalue weighted by atomic mass is 16.6. The molecule has 2 heterocycles. The van der Waals surface area contributed by atoms with Crippen LogP contribution >= 0.6 is 0 Å². The van der Waals surface area contributed by atoms with Gasteiger partial charge in [-0.05, 0) is 81.5 Å². The second-order valence-electron chi connectivity index (χ2n) is 10.4. The Morgan fingerprint density at radius 1 is 0.778 bits per heavy atom. The Morgan fingerprint density at radius 2 is 1.11 bits per heavy atom. The summed E-state index contributed by atoms with van der Waals surface area (Å²) in [5, 5.41) is 0. The van der Waals surface area contributed by atoms with Gasteiger partial charge in [0.2, 0.25) is 0 Å². The molecule has 0 aromatic heterocycles. The first-order chi connectivity index (χ1) is 12.9. The van der Waals surface area contributed by atoms with Gasteiger partial charge in [0, 0.05) is 10.8 Å². The molecular formula is C23H36O4. The molecule has 2 saturated carbocycles. The Bertz CT molecular complexity index is 497. The fourth-order valence-corrected chi connectivity index (χ4v) is 6.28. The van der Waals surface area contributed by atoms with E-state index in [2.05, 4.69) is 13.8 Å². The number of ether oxygens (including phenoxy) is 2. The highest BCUT2D eigenvalue weighted by Gasteiger charge is 2.58. The summed E-state index contributed by atoms with van der Waals surface area (Å²) in [5.41, 5.74) is -1.01. The van der Waals surface area contributed by atoms with Gasteiger partial charge in [0.1, 0.15) is 12.6 Å². The summed E-state index contributed by atoms with van der Waals surface area (Å²) in [6.45, 7) is 6.26. The first-order valence-electron chi connectivity index (χ1n) is 11.1. The minimum Gasteiger partial charge on any atom is -0.373 e. The lowest BCUT2D eigenvalue weighted by Gasteiger charge is -2.57. The van der Waals surface area contributed by atoms with Crippen LogP contribution in [0.25, 0.3) is 0 Å². The van der Waals surface area contributed by atoms with E-state index >= 15 is 0 Å². The third kappa shape index (κ3) is 3.64. The van der Waals surface area contributed by atoms with Gasteiger partial charge in [-0.15, -0.1) is 0 Å². The van der Waals surface area contributed by atoms with Gasteiger partial charge < -0.3 is 19.1 Å². The number of carbonyl (C=O) groups is 2. The zero-order valence-corrected chi connectivity index (χ0v) is 17.1. The quantitative estimate of drug-likeness (QED) is 0.467. The van der Waals surface area contributed by atoms with Gasteiger partial charge in [0.05, 0.1) is 25.4 Å². The number of rotatable bonds is 8. The van der Waals surface area contributed by atoms with E-state index in [4.69, 9.17) is 9.47 Å². The highest BCUT2D eigenvalue weighted by Crippen LogP contribution is 2.62. The molecule has 2 unspecified atom stereocenters. The summed E-state index contributed by atoms with van der Waals surface area (Å²) in [7, 11) is 0. The van der Waals surface area contributed by atoms with Crippen molar-refractivity contribution in [2.45, 2.75) is 90.3 Å². The third-order valence-corrected chi connectivity index (χ3v) is 8.93. The second kappa shape index (κ2) is 7.26. The number of carbonyl (C=O) groups excluding carboxylic acids is 2. The molecule has 2 atom stereocenters. The fourth-order valence-electron chi connectivity index (χ4n) is 6.28. The maximum atomic E-state index is 12.4. The molecule has 2 aliphatic carbocycles. The third-order valence-electron chi connectivity index (χ3n) is 8.93. The largest absolute Gasteiger partial charge is 0.373 e. The van der Waals surface area contributed by atoms with E-state index in [0.29, 0.717) is 24.0 Å². The van der Waals surface area contributed by atoms with Gasteiger partial charge in [-0.2, -0.15) is 0 Å². The van der Waals surface area contributed by atoms with Gasteiger partial charge in [0.15, 0.2) is 0 Å². The molecule has 27 heavy (non-hydrogen) atoms. The van der Waals surface area contributed by atoms with Crippen molar-refractivity contribution in [3.8, 4) is 0 Å². The molecule has 4 fully saturated rings. The minimum absolute atomic E-state index is 0.286.